The van der Waals surface area contributed by atoms with Gasteiger partial charge in [-0.2, -0.15) is 21.6 Å². The predicted octanol–water partition coefficient (Wildman–Crippen LogP) is 1.99. The van der Waals surface area contributed by atoms with E-state index < -0.39 is 33.9 Å². The number of hydroxylamine groups is 2. The van der Waals surface area contributed by atoms with E-state index in [1.54, 1.807) is 0 Å². The van der Waals surface area contributed by atoms with Crippen molar-refractivity contribution in [1.29, 1.82) is 0 Å². The molecule has 0 unspecified atom stereocenters. The van der Waals surface area contributed by atoms with E-state index in [2.05, 4.69) is 4.28 Å². The summed E-state index contributed by atoms with van der Waals surface area (Å²) in [5, 5.41) is -2.36. The molecule has 0 aliphatic heterocycles. The average Bonchev–Trinajstić information content (AvgIpc) is 1.94. The highest BCUT2D eigenvalue weighted by atomic mass is 32.3. The van der Waals surface area contributed by atoms with Crippen molar-refractivity contribution in [2.75, 3.05) is 0 Å². The van der Waals surface area contributed by atoms with Crippen molar-refractivity contribution in [1.82, 2.24) is 5.06 Å². The number of rotatable bonds is 3. The summed E-state index contributed by atoms with van der Waals surface area (Å²) >= 11 is 0. The summed E-state index contributed by atoms with van der Waals surface area (Å²) in [6.07, 6.45) is -9.52. The van der Waals surface area contributed by atoms with Gasteiger partial charge in [0.2, 0.25) is 0 Å². The van der Waals surface area contributed by atoms with Crippen LogP contribution in [0.1, 0.15) is 0 Å². The molecule has 12 heteroatoms. The van der Waals surface area contributed by atoms with Gasteiger partial charge in [-0.25, -0.2) is 0 Å². The molecule has 0 aromatic heterocycles. The van der Waals surface area contributed by atoms with Gasteiger partial charge < -0.3 is 0 Å². The quantitative estimate of drug-likeness (QED) is 0.338. The molecule has 0 N–H and O–H groups in total. The van der Waals surface area contributed by atoms with Gasteiger partial charge in [0.1, 0.15) is 0 Å². The Balaban J connectivity index is 5.20. The van der Waals surface area contributed by atoms with Gasteiger partial charge in [0.15, 0.2) is 0 Å². The van der Waals surface area contributed by atoms with E-state index in [-0.39, 0.29) is 0 Å². The Morgan fingerprint density at radius 3 is 1.73 bits per heavy atom. The largest absolute Gasteiger partial charge is 0.511 e. The minimum absolute atomic E-state index is 2.33. The maximum absolute atomic E-state index is 12.0. The molecule has 0 atom stereocenters. The molecule has 0 saturated carbocycles. The molecule has 0 amide bonds. The first-order valence-corrected chi connectivity index (χ1v) is 3.98. The molecule has 4 nitrogen and oxygen atoms in total. The molecular formula is C3F7NO3S. The highest BCUT2D eigenvalue weighted by molar-refractivity contribution is 7.81. The Bertz CT molecular complexity index is 354. The van der Waals surface area contributed by atoms with Crippen molar-refractivity contribution >= 4 is 10.5 Å². The fraction of sp³-hybridized carbons (Fsp3) is 0.333. The Labute approximate surface area is 77.9 Å². The molecule has 0 aromatic carbocycles. The molecule has 0 aliphatic carbocycles. The number of nitrogens with zero attached hydrogens (tertiary/aromatic N) is 1. The molecule has 0 heterocycles. The summed E-state index contributed by atoms with van der Waals surface area (Å²) in [6.45, 7) is 0. The van der Waals surface area contributed by atoms with Crippen molar-refractivity contribution in [2.24, 2.45) is 0 Å². The maximum Gasteiger partial charge on any atom is 0.511 e. The van der Waals surface area contributed by atoms with Crippen LogP contribution < -0.4 is 0 Å². The Hall–Kier alpha value is -1.04. The third kappa shape index (κ3) is 4.83. The molecular weight excluding hydrogens is 263 g/mol. The summed E-state index contributed by atoms with van der Waals surface area (Å²) in [5.41, 5.74) is 0. The zero-order chi connectivity index (χ0) is 12.4. The monoisotopic (exact) mass is 263 g/mol. The van der Waals surface area contributed by atoms with Crippen LogP contribution in [0.15, 0.2) is 12.0 Å². The van der Waals surface area contributed by atoms with E-state index in [4.69, 9.17) is 0 Å². The van der Waals surface area contributed by atoms with Crippen LogP contribution in [0.25, 0.3) is 0 Å². The SMILES string of the molecule is O=S(=O)(F)ON(C(F)=C(F)F)C(F)(F)F. The second-order valence-corrected chi connectivity index (χ2v) is 2.72. The first-order chi connectivity index (χ1) is 6.45. The lowest BCUT2D eigenvalue weighted by atomic mass is 10.8. The first-order valence-electron chi connectivity index (χ1n) is 2.67. The zero-order valence-electron chi connectivity index (χ0n) is 6.23. The van der Waals surface area contributed by atoms with Crippen molar-refractivity contribution in [3.05, 3.63) is 12.0 Å². The van der Waals surface area contributed by atoms with Crippen LogP contribution in [-0.4, -0.2) is 19.8 Å². The summed E-state index contributed by atoms with van der Waals surface area (Å²) in [4.78, 5) is 0. The smallest absolute Gasteiger partial charge is 0.178 e. The van der Waals surface area contributed by atoms with Crippen LogP contribution in [0.3, 0.4) is 0 Å². The highest BCUT2D eigenvalue weighted by Gasteiger charge is 2.46. The Kier molecular flexibility index (Phi) is 3.93. The summed E-state index contributed by atoms with van der Waals surface area (Å²) in [5.74, 6) is -3.39. The predicted molar refractivity (Wildman–Crippen MR) is 29.4 cm³/mol. The van der Waals surface area contributed by atoms with Crippen LogP contribution in [0.5, 0.6) is 0 Å². The van der Waals surface area contributed by atoms with E-state index >= 15 is 0 Å². The Morgan fingerprint density at radius 1 is 1.13 bits per heavy atom. The molecule has 0 rings (SSSR count). The normalized spacial score (nSPS) is 12.5. The van der Waals surface area contributed by atoms with Gasteiger partial charge in [-0.3, -0.25) is 0 Å². The standard InChI is InChI=1S/C3F7NO3S/c4-1(5)2(6)11(3(7,8)9)14-15(10,12)13. The van der Waals surface area contributed by atoms with E-state index in [1.807, 2.05) is 0 Å². The molecule has 0 aromatic rings. The summed E-state index contributed by atoms with van der Waals surface area (Å²) in [7, 11) is -6.29. The van der Waals surface area contributed by atoms with Crippen LogP contribution in [-0.2, 0) is 14.8 Å². The molecule has 90 valence electrons. The number of hydrogen-bond donors (Lipinski definition) is 0. The first kappa shape index (κ1) is 14.0. The second-order valence-electron chi connectivity index (χ2n) is 1.78. The molecule has 0 bridgehead atoms. The van der Waals surface area contributed by atoms with Crippen molar-refractivity contribution in [3.63, 3.8) is 0 Å². The molecule has 15 heavy (non-hydrogen) atoms. The third-order valence-electron chi connectivity index (χ3n) is 0.728. The average molecular weight is 263 g/mol. The van der Waals surface area contributed by atoms with Gasteiger partial charge in [0, 0.05) is 0 Å². The van der Waals surface area contributed by atoms with Gasteiger partial charge in [-0.15, -0.1) is 22.5 Å². The lowest BCUT2D eigenvalue weighted by Gasteiger charge is -2.19. The molecule has 0 radical (unpaired) electrons. The van der Waals surface area contributed by atoms with Gasteiger partial charge in [0.25, 0.3) is 5.95 Å². The number of hydrogen-bond acceptors (Lipinski definition) is 4. The van der Waals surface area contributed by atoms with Crippen LogP contribution in [0.2, 0.25) is 0 Å². The lowest BCUT2D eigenvalue weighted by molar-refractivity contribution is -0.328. The lowest BCUT2D eigenvalue weighted by Crippen LogP contribution is -2.37. The minimum atomic E-state index is -6.29. The third-order valence-corrected chi connectivity index (χ3v) is 1.06. The summed E-state index contributed by atoms with van der Waals surface area (Å²) < 4.78 is 103. The Morgan fingerprint density at radius 2 is 1.53 bits per heavy atom. The van der Waals surface area contributed by atoms with Crippen LogP contribution in [0, 0.1) is 0 Å². The van der Waals surface area contributed by atoms with Crippen molar-refractivity contribution < 1.29 is 42.9 Å². The fourth-order valence-corrected chi connectivity index (χ4v) is 0.680. The number of halogens is 7. The molecule has 0 aliphatic rings. The number of alkyl halides is 3. The summed E-state index contributed by atoms with van der Waals surface area (Å²) in [6, 6.07) is 0. The minimum Gasteiger partial charge on any atom is -0.178 e. The highest BCUT2D eigenvalue weighted by Crippen LogP contribution is 2.30. The van der Waals surface area contributed by atoms with E-state index in [9.17, 15) is 38.6 Å². The molecule has 0 fully saturated rings. The van der Waals surface area contributed by atoms with Gasteiger partial charge >= 0.3 is 22.9 Å². The van der Waals surface area contributed by atoms with Crippen molar-refractivity contribution in [2.45, 2.75) is 6.30 Å². The van der Waals surface area contributed by atoms with Crippen LogP contribution >= 0.6 is 0 Å². The topological polar surface area (TPSA) is 46.6 Å². The van der Waals surface area contributed by atoms with E-state index in [0.29, 0.717) is 0 Å². The second kappa shape index (κ2) is 4.22. The van der Waals surface area contributed by atoms with Gasteiger partial charge in [-0.05, 0) is 0 Å². The molecule has 0 saturated heterocycles. The van der Waals surface area contributed by atoms with Gasteiger partial charge in [0.05, 0.1) is 0 Å². The zero-order valence-corrected chi connectivity index (χ0v) is 7.04. The van der Waals surface area contributed by atoms with E-state index in [1.165, 1.54) is 0 Å². The van der Waals surface area contributed by atoms with Crippen molar-refractivity contribution in [3.8, 4) is 0 Å². The maximum atomic E-state index is 12.0. The van der Waals surface area contributed by atoms with Gasteiger partial charge in [-0.1, -0.05) is 3.89 Å². The van der Waals surface area contributed by atoms with Crippen LogP contribution in [0.4, 0.5) is 30.2 Å². The fourth-order valence-electron chi connectivity index (χ4n) is 0.352. The van der Waals surface area contributed by atoms with E-state index in [0.717, 1.165) is 0 Å². The molecule has 0 spiro atoms.